The zero-order valence-corrected chi connectivity index (χ0v) is 14.5. The van der Waals surface area contributed by atoms with Gasteiger partial charge in [0.05, 0.1) is 0 Å². The second kappa shape index (κ2) is 8.82. The first kappa shape index (κ1) is 17.7. The minimum absolute atomic E-state index is 0.613. The summed E-state index contributed by atoms with van der Waals surface area (Å²) in [6, 6.07) is 0.613. The largest absolute Gasteiger partial charge is 0.370 e. The fourth-order valence-electron chi connectivity index (χ4n) is 2.12. The van der Waals surface area contributed by atoms with Gasteiger partial charge < -0.3 is 15.5 Å². The summed E-state index contributed by atoms with van der Waals surface area (Å²) < 4.78 is 0. The molecule has 21 heavy (non-hydrogen) atoms. The summed E-state index contributed by atoms with van der Waals surface area (Å²) in [4.78, 5) is 11.5. The van der Waals surface area contributed by atoms with Crippen molar-refractivity contribution in [3.8, 4) is 0 Å². The van der Waals surface area contributed by atoms with Gasteiger partial charge in [-0.05, 0) is 34.2 Å². The molecule has 0 aliphatic carbocycles. The van der Waals surface area contributed by atoms with Crippen LogP contribution in [0.3, 0.4) is 0 Å². The van der Waals surface area contributed by atoms with Crippen molar-refractivity contribution in [1.82, 2.24) is 14.9 Å². The number of rotatable bonds is 9. The van der Waals surface area contributed by atoms with Gasteiger partial charge in [-0.1, -0.05) is 13.8 Å². The first-order valence-corrected chi connectivity index (χ1v) is 8.08. The number of nitrogens with zero attached hydrogens (tertiary/aromatic N) is 3. The Morgan fingerprint density at radius 2 is 1.71 bits per heavy atom. The maximum Gasteiger partial charge on any atom is 0.134 e. The fraction of sp³-hybridized carbons (Fsp3) is 0.750. The summed E-state index contributed by atoms with van der Waals surface area (Å²) in [6.45, 7) is 13.5. The van der Waals surface area contributed by atoms with Gasteiger partial charge in [0, 0.05) is 37.7 Å². The molecule has 1 heterocycles. The Morgan fingerprint density at radius 3 is 2.24 bits per heavy atom. The summed E-state index contributed by atoms with van der Waals surface area (Å²) in [5.74, 6) is 2.78. The first-order valence-electron chi connectivity index (χ1n) is 8.08. The SMILES string of the molecule is CCNc1nc(CC)nc(NCCN(C)C(C)CC)c1C. The van der Waals surface area contributed by atoms with Crippen molar-refractivity contribution in [3.63, 3.8) is 0 Å². The van der Waals surface area contributed by atoms with Crippen LogP contribution in [0.25, 0.3) is 0 Å². The van der Waals surface area contributed by atoms with E-state index in [4.69, 9.17) is 0 Å². The minimum atomic E-state index is 0.613. The summed E-state index contributed by atoms with van der Waals surface area (Å²) in [5.41, 5.74) is 1.10. The van der Waals surface area contributed by atoms with E-state index in [1.807, 2.05) is 0 Å². The van der Waals surface area contributed by atoms with E-state index in [9.17, 15) is 0 Å². The van der Waals surface area contributed by atoms with Crippen LogP contribution in [0.4, 0.5) is 11.6 Å². The number of hydrogen-bond donors (Lipinski definition) is 2. The Labute approximate surface area is 129 Å². The fourth-order valence-corrected chi connectivity index (χ4v) is 2.12. The molecule has 0 radical (unpaired) electrons. The molecule has 5 heteroatoms. The molecular formula is C16H31N5. The number of hydrogen-bond acceptors (Lipinski definition) is 5. The van der Waals surface area contributed by atoms with Crippen molar-refractivity contribution in [2.24, 2.45) is 0 Å². The molecule has 1 aromatic rings. The van der Waals surface area contributed by atoms with Gasteiger partial charge in [0.1, 0.15) is 17.5 Å². The number of anilines is 2. The molecule has 0 bridgehead atoms. The van der Waals surface area contributed by atoms with Crippen molar-refractivity contribution in [2.75, 3.05) is 37.3 Å². The highest BCUT2D eigenvalue weighted by Crippen LogP contribution is 2.20. The average molecular weight is 293 g/mol. The van der Waals surface area contributed by atoms with E-state index in [2.05, 4.69) is 67.2 Å². The van der Waals surface area contributed by atoms with E-state index in [1.54, 1.807) is 0 Å². The van der Waals surface area contributed by atoms with E-state index in [-0.39, 0.29) is 0 Å². The lowest BCUT2D eigenvalue weighted by molar-refractivity contribution is 0.261. The molecule has 0 saturated carbocycles. The number of aryl methyl sites for hydroxylation is 1. The summed E-state index contributed by atoms with van der Waals surface area (Å²) in [5, 5.41) is 6.78. The van der Waals surface area contributed by atoms with Crippen molar-refractivity contribution in [2.45, 2.75) is 53.5 Å². The molecule has 2 N–H and O–H groups in total. The van der Waals surface area contributed by atoms with Crippen LogP contribution in [0.1, 0.15) is 45.5 Å². The van der Waals surface area contributed by atoms with Crippen LogP contribution in [0.5, 0.6) is 0 Å². The van der Waals surface area contributed by atoms with Crippen LogP contribution in [-0.2, 0) is 6.42 Å². The Balaban J connectivity index is 2.71. The molecule has 0 aliphatic rings. The Morgan fingerprint density at radius 1 is 1.10 bits per heavy atom. The zero-order valence-electron chi connectivity index (χ0n) is 14.5. The lowest BCUT2D eigenvalue weighted by Crippen LogP contribution is -2.33. The van der Waals surface area contributed by atoms with Crippen LogP contribution < -0.4 is 10.6 Å². The normalized spacial score (nSPS) is 12.5. The quantitative estimate of drug-likeness (QED) is 0.733. The van der Waals surface area contributed by atoms with Gasteiger partial charge in [-0.3, -0.25) is 0 Å². The molecule has 0 saturated heterocycles. The Bertz CT molecular complexity index is 433. The topological polar surface area (TPSA) is 53.1 Å². The zero-order chi connectivity index (χ0) is 15.8. The lowest BCUT2D eigenvalue weighted by atomic mass is 10.2. The van der Waals surface area contributed by atoms with Gasteiger partial charge in [-0.25, -0.2) is 9.97 Å². The highest BCUT2D eigenvalue weighted by molar-refractivity contribution is 5.57. The van der Waals surface area contributed by atoms with Gasteiger partial charge in [-0.2, -0.15) is 0 Å². The molecule has 0 aliphatic heterocycles. The van der Waals surface area contributed by atoms with Gasteiger partial charge in [-0.15, -0.1) is 0 Å². The van der Waals surface area contributed by atoms with Crippen LogP contribution in [0.2, 0.25) is 0 Å². The van der Waals surface area contributed by atoms with Crippen LogP contribution in [0, 0.1) is 6.92 Å². The molecule has 0 amide bonds. The van der Waals surface area contributed by atoms with Crippen LogP contribution in [-0.4, -0.2) is 47.6 Å². The molecule has 0 spiro atoms. The third-order valence-electron chi connectivity index (χ3n) is 3.95. The van der Waals surface area contributed by atoms with Crippen molar-refractivity contribution in [1.29, 1.82) is 0 Å². The second-order valence-corrected chi connectivity index (χ2v) is 5.51. The van der Waals surface area contributed by atoms with E-state index in [0.29, 0.717) is 6.04 Å². The maximum atomic E-state index is 4.61. The van der Waals surface area contributed by atoms with Gasteiger partial charge in [0.15, 0.2) is 0 Å². The summed E-state index contributed by atoms with van der Waals surface area (Å²) >= 11 is 0. The highest BCUT2D eigenvalue weighted by atomic mass is 15.2. The van der Waals surface area contributed by atoms with Gasteiger partial charge in [0.25, 0.3) is 0 Å². The molecule has 0 fully saturated rings. The molecule has 1 rings (SSSR count). The van der Waals surface area contributed by atoms with Crippen LogP contribution >= 0.6 is 0 Å². The monoisotopic (exact) mass is 293 g/mol. The summed E-state index contributed by atoms with van der Waals surface area (Å²) in [6.07, 6.45) is 2.02. The summed E-state index contributed by atoms with van der Waals surface area (Å²) in [7, 11) is 2.17. The molecule has 1 aromatic heterocycles. The lowest BCUT2D eigenvalue weighted by Gasteiger charge is -2.24. The molecular weight excluding hydrogens is 262 g/mol. The standard InChI is InChI=1S/C16H31N5/c1-7-12(4)21(6)11-10-18-16-13(5)15(17-9-3)19-14(8-2)20-16/h12H,7-11H2,1-6H3,(H2,17,18,19,20). The number of likely N-dealkylation sites (N-methyl/N-ethyl adjacent to an activating group) is 1. The molecule has 120 valence electrons. The average Bonchev–Trinajstić information content (AvgIpc) is 2.49. The highest BCUT2D eigenvalue weighted by Gasteiger charge is 2.10. The second-order valence-electron chi connectivity index (χ2n) is 5.51. The third-order valence-corrected chi connectivity index (χ3v) is 3.95. The van der Waals surface area contributed by atoms with Gasteiger partial charge in [0.2, 0.25) is 0 Å². The molecule has 5 nitrogen and oxygen atoms in total. The van der Waals surface area contributed by atoms with Gasteiger partial charge >= 0.3 is 0 Å². The predicted molar refractivity (Wildman–Crippen MR) is 91.2 cm³/mol. The Hall–Kier alpha value is -1.36. The van der Waals surface area contributed by atoms with E-state index in [1.165, 1.54) is 6.42 Å². The van der Waals surface area contributed by atoms with E-state index < -0.39 is 0 Å². The van der Waals surface area contributed by atoms with Crippen molar-refractivity contribution < 1.29 is 0 Å². The molecule has 0 aromatic carbocycles. The third kappa shape index (κ3) is 5.16. The number of aromatic nitrogens is 2. The molecule has 1 unspecified atom stereocenters. The van der Waals surface area contributed by atoms with Crippen molar-refractivity contribution >= 4 is 11.6 Å². The molecule has 1 atom stereocenters. The van der Waals surface area contributed by atoms with Crippen molar-refractivity contribution in [3.05, 3.63) is 11.4 Å². The predicted octanol–water partition coefficient (Wildman–Crippen LogP) is 2.92. The van der Waals surface area contributed by atoms with E-state index >= 15 is 0 Å². The smallest absolute Gasteiger partial charge is 0.134 e. The Kier molecular flexibility index (Phi) is 7.43. The minimum Gasteiger partial charge on any atom is -0.370 e. The van der Waals surface area contributed by atoms with E-state index in [0.717, 1.165) is 49.1 Å². The van der Waals surface area contributed by atoms with Crippen LogP contribution in [0.15, 0.2) is 0 Å². The number of nitrogens with one attached hydrogen (secondary N) is 2. The first-order chi connectivity index (χ1) is 10.0. The maximum absolute atomic E-state index is 4.61.